The average molecular weight is 1730 g/mol. The number of anilines is 2. The molecule has 1 saturated heterocycles. The van der Waals surface area contributed by atoms with E-state index in [4.69, 9.17) is 21.9 Å². The summed E-state index contributed by atoms with van der Waals surface area (Å²) in [5, 5.41) is 82.5. The molecule has 2 heterocycles. The average Bonchev–Trinajstić information content (AvgIpc) is 1.65. The summed E-state index contributed by atoms with van der Waals surface area (Å²) in [6, 6.07) is -4.33. The molecule has 15 amide bonds. The number of benzene rings is 3. The number of carbonyl (C=O) groups is 20. The number of aliphatic hydroxyl groups is 2. The summed E-state index contributed by atoms with van der Waals surface area (Å²) < 4.78 is 5.76. The maximum atomic E-state index is 15.0. The Morgan fingerprint density at radius 1 is 0.561 bits per heavy atom. The maximum Gasteiger partial charge on any atom is 0.329 e. The minimum Gasteiger partial charge on any atom is -0.481 e. The number of aliphatic carboxylic acids is 3. The number of nitrogens with one attached hydrogen (secondary N) is 15. The smallest absolute Gasteiger partial charge is 0.329 e. The number of aromatic nitrogens is 1. The highest BCUT2D eigenvalue weighted by molar-refractivity contribution is 6.05. The van der Waals surface area contributed by atoms with E-state index in [0.717, 1.165) is 52.9 Å². The number of hydrogen-bond donors (Lipinski definition) is 23. The number of amides is 15. The van der Waals surface area contributed by atoms with E-state index in [-0.39, 0.29) is 48.3 Å². The van der Waals surface area contributed by atoms with E-state index < -0.39 is 268 Å². The molecule has 123 heavy (non-hydrogen) atoms. The Labute approximate surface area is 704 Å². The molecular weight excluding hydrogens is 1620 g/mol. The third-order valence-corrected chi connectivity index (χ3v) is 19.3. The summed E-state index contributed by atoms with van der Waals surface area (Å²) in [5.41, 5.74) is 18.7. The number of Topliss-reactive ketones (excluding diaryl/α,β-unsaturated/α-hetero) is 1. The van der Waals surface area contributed by atoms with Gasteiger partial charge in [0.25, 0.3) is 5.91 Å². The molecule has 0 bridgehead atoms. The van der Waals surface area contributed by atoms with Crippen LogP contribution in [0.1, 0.15) is 157 Å². The molecule has 0 spiro atoms. The fourth-order valence-corrected chi connectivity index (χ4v) is 12.7. The predicted molar refractivity (Wildman–Crippen MR) is 434 cm³/mol. The molecular formula is C79H108N18O26. The third kappa shape index (κ3) is 33.8. The van der Waals surface area contributed by atoms with Gasteiger partial charge in [-0.3, -0.25) is 91.1 Å². The van der Waals surface area contributed by atoms with Gasteiger partial charge in [0.15, 0.2) is 5.78 Å². The van der Waals surface area contributed by atoms with Crippen molar-refractivity contribution in [3.63, 3.8) is 0 Å². The Morgan fingerprint density at radius 3 is 1.78 bits per heavy atom. The van der Waals surface area contributed by atoms with Crippen molar-refractivity contribution in [2.45, 2.75) is 209 Å². The summed E-state index contributed by atoms with van der Waals surface area (Å²) in [4.78, 5) is 279. The molecule has 670 valence electrons. The molecule has 3 aromatic carbocycles. The number of aromatic amines is 1. The number of fused-ring (bicyclic) bond motifs is 1. The second-order valence-corrected chi connectivity index (χ2v) is 29.3. The predicted octanol–water partition coefficient (Wildman–Crippen LogP) is -4.66. The first-order valence-corrected chi connectivity index (χ1v) is 39.6. The van der Waals surface area contributed by atoms with Crippen molar-refractivity contribution in [3.05, 3.63) is 95.7 Å². The van der Waals surface area contributed by atoms with E-state index in [1.807, 2.05) is 16.0 Å². The fourth-order valence-electron chi connectivity index (χ4n) is 12.7. The number of rotatable bonds is 37. The van der Waals surface area contributed by atoms with Gasteiger partial charge in [-0.05, 0) is 87.4 Å². The molecule has 1 fully saturated rings. The number of hydrogen-bond acceptors (Lipinski definition) is 25. The number of ketones is 1. The molecule has 0 radical (unpaired) electrons. The second-order valence-electron chi connectivity index (χ2n) is 29.3. The van der Waals surface area contributed by atoms with Gasteiger partial charge >= 0.3 is 23.9 Å². The highest BCUT2D eigenvalue weighted by Crippen LogP contribution is 2.22. The lowest BCUT2D eigenvalue weighted by atomic mass is 9.96. The van der Waals surface area contributed by atoms with Crippen LogP contribution in [0.4, 0.5) is 11.4 Å². The van der Waals surface area contributed by atoms with E-state index in [1.54, 1.807) is 30.5 Å². The summed E-state index contributed by atoms with van der Waals surface area (Å²) >= 11 is 0. The van der Waals surface area contributed by atoms with Gasteiger partial charge in [0.1, 0.15) is 72.6 Å². The minimum atomic E-state index is -2.38. The number of carboxylic acid groups (broad SMARTS) is 3. The highest BCUT2D eigenvalue weighted by atomic mass is 16.5. The molecule has 0 aliphatic carbocycles. The number of carboxylic acids is 3. The number of para-hydroxylation sites is 2. The molecule has 1 aromatic heterocycles. The summed E-state index contributed by atoms with van der Waals surface area (Å²) in [6.07, 6.45) is -1.71. The van der Waals surface area contributed by atoms with Crippen molar-refractivity contribution in [2.24, 2.45) is 11.7 Å². The van der Waals surface area contributed by atoms with Crippen LogP contribution in [0, 0.1) is 5.92 Å². The molecule has 44 heteroatoms. The fraction of sp³-hybridized carbons (Fsp3) is 0.494. The van der Waals surface area contributed by atoms with Gasteiger partial charge in [-0.15, -0.1) is 0 Å². The van der Waals surface area contributed by atoms with Crippen molar-refractivity contribution in [3.8, 4) is 0 Å². The van der Waals surface area contributed by atoms with Crippen LogP contribution in [-0.2, 0) is 97.5 Å². The van der Waals surface area contributed by atoms with E-state index in [0.29, 0.717) is 29.3 Å². The van der Waals surface area contributed by atoms with Crippen LogP contribution in [-0.4, -0.2) is 254 Å². The number of H-pyrrole nitrogens is 1. The topological polar surface area (TPSA) is 714 Å². The molecule has 1 aliphatic rings. The van der Waals surface area contributed by atoms with Gasteiger partial charge in [0, 0.05) is 72.0 Å². The van der Waals surface area contributed by atoms with Crippen LogP contribution < -0.4 is 91.6 Å². The quantitative estimate of drug-likeness (QED) is 0.00873. The van der Waals surface area contributed by atoms with Crippen LogP contribution in [0.15, 0.2) is 79.0 Å². The van der Waals surface area contributed by atoms with Gasteiger partial charge in [0.2, 0.25) is 82.7 Å². The zero-order valence-electron chi connectivity index (χ0n) is 68.1. The van der Waals surface area contributed by atoms with Crippen LogP contribution in [0.3, 0.4) is 0 Å². The van der Waals surface area contributed by atoms with E-state index in [1.165, 1.54) is 48.5 Å². The van der Waals surface area contributed by atoms with Crippen LogP contribution in [0.2, 0.25) is 0 Å². The zero-order chi connectivity index (χ0) is 91.2. The lowest BCUT2D eigenvalue weighted by molar-refractivity contribution is -0.156. The lowest BCUT2D eigenvalue weighted by Gasteiger charge is -2.30. The molecule has 4 aromatic rings. The number of nitrogen functional groups attached to an aromatic ring is 2. The molecule has 44 nitrogen and oxygen atoms in total. The van der Waals surface area contributed by atoms with Crippen molar-refractivity contribution in [1.29, 1.82) is 0 Å². The number of nitrogens with two attached hydrogens (primary N) is 3. The number of primary amides is 1. The first-order valence-electron chi connectivity index (χ1n) is 39.6. The highest BCUT2D eigenvalue weighted by Gasteiger charge is 2.41. The molecule has 5 rings (SSSR count). The number of aliphatic hydroxyl groups excluding tert-OH is 2. The Kier molecular flexibility index (Phi) is 40.9. The summed E-state index contributed by atoms with van der Waals surface area (Å²) in [6.45, 7) is 0.104. The molecule has 13 atom stereocenters. The number of cyclic esters (lactones) is 1. The molecule has 26 N–H and O–H groups in total. The van der Waals surface area contributed by atoms with Gasteiger partial charge in [0.05, 0.1) is 45.4 Å². The van der Waals surface area contributed by atoms with Crippen molar-refractivity contribution in [1.82, 2.24) is 79.4 Å². The number of carbonyl (C=O) groups excluding carboxylic acids is 17. The molecule has 0 saturated carbocycles. The number of unbranched alkanes of at least 4 members (excludes halogenated alkanes) is 6. The number of ether oxygens (including phenoxy) is 1. The first kappa shape index (κ1) is 99.9. The third-order valence-electron chi connectivity index (χ3n) is 19.3. The van der Waals surface area contributed by atoms with E-state index >= 15 is 0 Å². The van der Waals surface area contributed by atoms with Crippen molar-refractivity contribution < 1.29 is 126 Å². The zero-order valence-corrected chi connectivity index (χ0v) is 68.1. The Morgan fingerprint density at radius 2 is 1.15 bits per heavy atom. The number of esters is 1. The summed E-state index contributed by atoms with van der Waals surface area (Å²) in [5.74, 6) is -28.1. The monoisotopic (exact) mass is 1720 g/mol. The lowest BCUT2D eigenvalue weighted by Crippen LogP contribution is -2.61. The van der Waals surface area contributed by atoms with E-state index in [2.05, 4.69) is 70.4 Å². The van der Waals surface area contributed by atoms with E-state index in [9.17, 15) is 121 Å². The van der Waals surface area contributed by atoms with Crippen molar-refractivity contribution in [2.75, 3.05) is 44.3 Å². The normalized spacial score (nSPS) is 20.5. The van der Waals surface area contributed by atoms with Crippen LogP contribution in [0.5, 0.6) is 0 Å². The van der Waals surface area contributed by atoms with Crippen LogP contribution >= 0.6 is 0 Å². The maximum absolute atomic E-state index is 15.0. The van der Waals surface area contributed by atoms with Crippen molar-refractivity contribution >= 4 is 141 Å². The SMILES string of the molecule is CCCCCCCCCC(=O)N[C@@H](Cc1c[nH]c2ccccc12)C(=O)N[C@@H](CC(N)=O)C(=O)N[C@@H](CCO)C(=O)N[C@@H]1C(=O)NCC(=O)N[C@@H](CCCNC(=O)c2cccc(N)c2)C(=O)N[C@@H](CC(=O)O)C(=O)N[C@H](C)C(=O)N[C@@H](CC(=O)O)C(=O)NCC(=O)N[C@H](CO)C(=O)N[C@@H]([C@H](C)CC(=O)O)C(=O)N[C@@H](CC(=O)c2ccccc2N)C(=O)O[C@@H]1C. The molecule has 0 unspecified atom stereocenters. The largest absolute Gasteiger partial charge is 0.481 e. The van der Waals surface area contributed by atoms with Gasteiger partial charge < -0.3 is 127 Å². The van der Waals surface area contributed by atoms with Gasteiger partial charge in [-0.2, -0.15) is 0 Å². The summed E-state index contributed by atoms with van der Waals surface area (Å²) in [7, 11) is 0. The van der Waals surface area contributed by atoms with Gasteiger partial charge in [-0.1, -0.05) is 88.8 Å². The minimum absolute atomic E-state index is 0.00236. The Bertz CT molecular complexity index is 4480. The standard InChI is InChI=1S/C79H108N18O26/c1-5-6-7-8-9-10-11-25-60(102)89-52(31-44-36-84-49-23-15-13-20-46(44)49)74(117)93-53(33-59(82)101)75(118)91-51(26-28-98)72(115)97-67-42(4)123-79(122)56(32-58(100)47-21-12-14-22-48(47)81)95-78(121)66(40(2)29-63(105)106)96-76(119)57(39-99)90-62(104)37-85-70(113)54(34-64(107)108)92-68(111)41(3)87-73(116)55(35-65(109)110)94-71(114)50(88-61(103)38-86-77(67)120)24-17-27-83-69(112)43-18-16-19-45(80)30-43/h12-16,18-23,30,36,40-42,50-57,66-67,84,98-99H,5-11,17,24-29,31-35,37-39,80-81H2,1-4H3,(H2,82,101)(H,83,112)(H,85,113)(H,86,120)(H,87,116)(H,88,103)(H,89,102)(H,90,104)(H,91,118)(H,92,111)(H,93,117)(H,94,114)(H,95,121)(H,96,119)(H,97,115)(H,105,106)(H,107,108)(H,109,110)/t40-,41-,42-,50+,51+,52+,53+,54+,55+,56+,57-,66+,67+/m1/s1. The van der Waals surface area contributed by atoms with Gasteiger partial charge in [-0.25, -0.2) is 4.79 Å². The molecule has 1 aliphatic heterocycles. The second kappa shape index (κ2) is 50.4. The van der Waals surface area contributed by atoms with Crippen LogP contribution in [0.25, 0.3) is 10.9 Å². The first-order chi connectivity index (χ1) is 58.3. The Balaban J connectivity index is 1.62. The Hall–Kier alpha value is -13.7.